The molecule has 0 aliphatic carbocycles. The fraction of sp³-hybridized carbons (Fsp3) is 0.500. The molecule has 5 nitrogen and oxygen atoms in total. The molecule has 0 radical (unpaired) electrons. The molecule has 0 aliphatic heterocycles. The van der Waals surface area contributed by atoms with Crippen LogP contribution >= 0.6 is 11.8 Å². The smallest absolute Gasteiger partial charge is 0.169 e. The van der Waals surface area contributed by atoms with E-state index in [1.165, 1.54) is 0 Å². The molecule has 0 bridgehead atoms. The first-order chi connectivity index (χ1) is 9.86. The number of ether oxygens (including phenoxy) is 2. The van der Waals surface area contributed by atoms with Crippen LogP contribution in [0, 0.1) is 0 Å². The Kier molecular flexibility index (Phi) is 6.32. The minimum Gasteiger partial charge on any atom is -0.394 e. The summed E-state index contributed by atoms with van der Waals surface area (Å²) in [5.41, 5.74) is 2.13. The van der Waals surface area contributed by atoms with Crippen LogP contribution in [0.4, 0.5) is 0 Å². The molecule has 6 heteroatoms. The quantitative estimate of drug-likeness (QED) is 0.565. The largest absolute Gasteiger partial charge is 0.394 e. The molecule has 0 saturated heterocycles. The number of benzene rings is 1. The van der Waals surface area contributed by atoms with E-state index in [4.69, 9.17) is 14.6 Å². The number of para-hydroxylation sites is 2. The van der Waals surface area contributed by atoms with E-state index >= 15 is 0 Å². The van der Waals surface area contributed by atoms with Gasteiger partial charge in [0, 0.05) is 19.4 Å². The van der Waals surface area contributed by atoms with Crippen molar-refractivity contribution in [2.75, 3.05) is 39.3 Å². The molecule has 0 saturated carbocycles. The summed E-state index contributed by atoms with van der Waals surface area (Å²) in [6.07, 6.45) is 0. The summed E-state index contributed by atoms with van der Waals surface area (Å²) in [6.45, 7) is 2.52. The summed E-state index contributed by atoms with van der Waals surface area (Å²) < 4.78 is 12.6. The molecule has 1 heterocycles. The normalized spacial score (nSPS) is 11.3. The van der Waals surface area contributed by atoms with Crippen molar-refractivity contribution in [1.29, 1.82) is 0 Å². The lowest BCUT2D eigenvalue weighted by Crippen LogP contribution is -2.07. The molecular weight excluding hydrogens is 276 g/mol. The maximum absolute atomic E-state index is 8.66. The van der Waals surface area contributed by atoms with Crippen LogP contribution < -0.4 is 0 Å². The standard InChI is InChI=1S/C14H20N2O3S/c1-18-8-6-16-13-5-3-2-4-12(13)15-14(16)20-11-10-19-9-7-17/h2-5,17H,6-11H2,1H3. The van der Waals surface area contributed by atoms with Gasteiger partial charge in [-0.15, -0.1) is 0 Å². The minimum absolute atomic E-state index is 0.0665. The number of aromatic nitrogens is 2. The number of rotatable bonds is 9. The second-order valence-electron chi connectivity index (χ2n) is 4.21. The molecule has 2 rings (SSSR count). The van der Waals surface area contributed by atoms with E-state index in [0.29, 0.717) is 19.8 Å². The van der Waals surface area contributed by atoms with Crippen LogP contribution in [-0.2, 0) is 16.0 Å². The Morgan fingerprint density at radius 2 is 2.10 bits per heavy atom. The lowest BCUT2D eigenvalue weighted by Gasteiger charge is -2.08. The molecule has 110 valence electrons. The van der Waals surface area contributed by atoms with Gasteiger partial charge in [0.2, 0.25) is 0 Å². The van der Waals surface area contributed by atoms with Crippen molar-refractivity contribution in [3.05, 3.63) is 24.3 Å². The van der Waals surface area contributed by atoms with Gasteiger partial charge in [0.25, 0.3) is 0 Å². The first-order valence-electron chi connectivity index (χ1n) is 6.62. The van der Waals surface area contributed by atoms with E-state index in [2.05, 4.69) is 15.6 Å². The van der Waals surface area contributed by atoms with Crippen molar-refractivity contribution in [2.45, 2.75) is 11.7 Å². The number of aliphatic hydroxyl groups excluding tert-OH is 1. The molecule has 1 aromatic carbocycles. The van der Waals surface area contributed by atoms with Crippen LogP contribution in [0.25, 0.3) is 11.0 Å². The van der Waals surface area contributed by atoms with Gasteiger partial charge in [-0.05, 0) is 12.1 Å². The summed E-state index contributed by atoms with van der Waals surface area (Å²) >= 11 is 1.66. The van der Waals surface area contributed by atoms with Gasteiger partial charge in [0.05, 0.1) is 37.5 Å². The van der Waals surface area contributed by atoms with Gasteiger partial charge < -0.3 is 19.1 Å². The van der Waals surface area contributed by atoms with Crippen molar-refractivity contribution in [2.24, 2.45) is 0 Å². The van der Waals surface area contributed by atoms with Gasteiger partial charge in [-0.3, -0.25) is 0 Å². The molecule has 2 aromatic rings. The Labute approximate surface area is 122 Å². The summed E-state index contributed by atoms with van der Waals surface area (Å²) in [4.78, 5) is 4.65. The van der Waals surface area contributed by atoms with Gasteiger partial charge in [0.15, 0.2) is 5.16 Å². The molecule has 1 aromatic heterocycles. The summed E-state index contributed by atoms with van der Waals surface area (Å²) in [5.74, 6) is 0.816. The molecule has 0 amide bonds. The lowest BCUT2D eigenvalue weighted by atomic mass is 10.3. The third kappa shape index (κ3) is 3.96. The van der Waals surface area contributed by atoms with Crippen LogP contribution in [0.1, 0.15) is 0 Å². The van der Waals surface area contributed by atoms with Gasteiger partial charge >= 0.3 is 0 Å². The average Bonchev–Trinajstić information content (AvgIpc) is 2.82. The third-order valence-electron chi connectivity index (χ3n) is 2.83. The van der Waals surface area contributed by atoms with Crippen molar-refractivity contribution < 1.29 is 14.6 Å². The van der Waals surface area contributed by atoms with E-state index in [1.807, 2.05) is 18.2 Å². The third-order valence-corrected chi connectivity index (χ3v) is 3.77. The molecule has 0 unspecified atom stereocenters. The monoisotopic (exact) mass is 296 g/mol. The minimum atomic E-state index is 0.0665. The molecular formula is C14H20N2O3S. The van der Waals surface area contributed by atoms with E-state index in [0.717, 1.165) is 28.5 Å². The van der Waals surface area contributed by atoms with Crippen molar-refractivity contribution >= 4 is 22.8 Å². The lowest BCUT2D eigenvalue weighted by molar-refractivity contribution is 0.103. The van der Waals surface area contributed by atoms with Crippen LogP contribution in [0.5, 0.6) is 0 Å². The van der Waals surface area contributed by atoms with Crippen molar-refractivity contribution in [3.8, 4) is 0 Å². The van der Waals surface area contributed by atoms with Gasteiger partial charge in [-0.25, -0.2) is 4.98 Å². The van der Waals surface area contributed by atoms with Crippen LogP contribution in [0.3, 0.4) is 0 Å². The number of thioether (sulfide) groups is 1. The number of methoxy groups -OCH3 is 1. The van der Waals surface area contributed by atoms with Crippen molar-refractivity contribution in [3.63, 3.8) is 0 Å². The Morgan fingerprint density at radius 1 is 1.25 bits per heavy atom. The number of aliphatic hydroxyl groups is 1. The van der Waals surface area contributed by atoms with Gasteiger partial charge in [0.1, 0.15) is 0 Å². The van der Waals surface area contributed by atoms with Gasteiger partial charge in [-0.1, -0.05) is 23.9 Å². The second-order valence-corrected chi connectivity index (χ2v) is 5.27. The van der Waals surface area contributed by atoms with Gasteiger partial charge in [-0.2, -0.15) is 0 Å². The zero-order valence-corrected chi connectivity index (χ0v) is 12.4. The first-order valence-corrected chi connectivity index (χ1v) is 7.61. The maximum Gasteiger partial charge on any atom is 0.169 e. The van der Waals surface area contributed by atoms with E-state index in [9.17, 15) is 0 Å². The Hall–Kier alpha value is -1.08. The first kappa shape index (κ1) is 15.3. The predicted molar refractivity (Wildman–Crippen MR) is 80.2 cm³/mol. The summed E-state index contributed by atoms with van der Waals surface area (Å²) in [5, 5.41) is 9.64. The highest BCUT2D eigenvalue weighted by molar-refractivity contribution is 7.99. The number of hydrogen-bond acceptors (Lipinski definition) is 5. The number of hydrogen-bond donors (Lipinski definition) is 1. The molecule has 0 aliphatic rings. The highest BCUT2D eigenvalue weighted by Crippen LogP contribution is 2.23. The summed E-state index contributed by atoms with van der Waals surface area (Å²) in [7, 11) is 1.70. The Balaban J connectivity index is 2.05. The highest BCUT2D eigenvalue weighted by Gasteiger charge is 2.10. The van der Waals surface area contributed by atoms with Crippen LogP contribution in [0.15, 0.2) is 29.4 Å². The molecule has 0 fully saturated rings. The van der Waals surface area contributed by atoms with E-state index < -0.39 is 0 Å². The zero-order valence-electron chi connectivity index (χ0n) is 11.6. The number of nitrogens with zero attached hydrogens (tertiary/aromatic N) is 2. The molecule has 0 spiro atoms. The molecule has 0 atom stereocenters. The average molecular weight is 296 g/mol. The molecule has 20 heavy (non-hydrogen) atoms. The summed E-state index contributed by atoms with van der Waals surface area (Å²) in [6, 6.07) is 8.11. The Bertz CT molecular complexity index is 530. The maximum atomic E-state index is 8.66. The number of fused-ring (bicyclic) bond motifs is 1. The topological polar surface area (TPSA) is 56.5 Å². The predicted octanol–water partition coefficient (Wildman–Crippen LogP) is 1.78. The highest BCUT2D eigenvalue weighted by atomic mass is 32.2. The number of imidazole rings is 1. The van der Waals surface area contributed by atoms with Crippen LogP contribution in [0.2, 0.25) is 0 Å². The zero-order chi connectivity index (χ0) is 14.2. The fourth-order valence-electron chi connectivity index (χ4n) is 1.92. The van der Waals surface area contributed by atoms with Crippen LogP contribution in [-0.4, -0.2) is 53.9 Å². The van der Waals surface area contributed by atoms with E-state index in [-0.39, 0.29) is 6.61 Å². The molecule has 1 N–H and O–H groups in total. The van der Waals surface area contributed by atoms with Crippen molar-refractivity contribution in [1.82, 2.24) is 9.55 Å². The van der Waals surface area contributed by atoms with E-state index in [1.54, 1.807) is 18.9 Å². The Morgan fingerprint density at radius 3 is 2.90 bits per heavy atom. The second kappa shape index (κ2) is 8.26. The fourth-order valence-corrected chi connectivity index (χ4v) is 2.81. The SMILES string of the molecule is COCCn1c(SCCOCCO)nc2ccccc21.